The highest BCUT2D eigenvalue weighted by atomic mass is 16.5. The first-order valence-electron chi connectivity index (χ1n) is 13.5. The molecule has 1 atom stereocenters. The second-order valence-corrected chi connectivity index (χ2v) is 8.69. The average molecular weight is 489 g/mol. The van der Waals surface area contributed by atoms with Gasteiger partial charge in [0, 0.05) is 13.0 Å². The Kier molecular flexibility index (Phi) is 27.7. The van der Waals surface area contributed by atoms with Gasteiger partial charge in [0.1, 0.15) is 6.10 Å². The lowest BCUT2D eigenvalue weighted by Gasteiger charge is -2.12. The maximum Gasteiger partial charge on any atom is 0.155 e. The maximum atomic E-state index is 11.9. The molecular formula is C27H52O7. The van der Waals surface area contributed by atoms with Crippen molar-refractivity contribution in [1.82, 2.24) is 0 Å². The highest BCUT2D eigenvalue weighted by molar-refractivity contribution is 5.89. The zero-order valence-electron chi connectivity index (χ0n) is 21.7. The number of carbonyl (C=O) groups excluding carboxylic acids is 1. The van der Waals surface area contributed by atoms with Crippen molar-refractivity contribution >= 4 is 5.78 Å². The molecule has 34 heavy (non-hydrogen) atoms. The molecule has 0 aromatic heterocycles. The fourth-order valence-electron chi connectivity index (χ4n) is 3.38. The Balaban J connectivity index is 3.34. The summed E-state index contributed by atoms with van der Waals surface area (Å²) in [5, 5.41) is 18.4. The SMILES string of the molecule is CCCCCCCCCCCCC(=O)/C=C/CCCOC[C@@H](O)COCCOCCOCCO. The van der Waals surface area contributed by atoms with Gasteiger partial charge in [-0.05, 0) is 25.3 Å². The number of ketones is 1. The Morgan fingerprint density at radius 1 is 0.706 bits per heavy atom. The quantitative estimate of drug-likeness (QED) is 0.123. The summed E-state index contributed by atoms with van der Waals surface area (Å²) in [6.07, 6.45) is 18.1. The minimum Gasteiger partial charge on any atom is -0.394 e. The third-order valence-corrected chi connectivity index (χ3v) is 5.34. The van der Waals surface area contributed by atoms with Crippen molar-refractivity contribution in [3.05, 3.63) is 12.2 Å². The van der Waals surface area contributed by atoms with E-state index in [-0.39, 0.29) is 25.6 Å². The van der Waals surface area contributed by atoms with Gasteiger partial charge in [-0.25, -0.2) is 0 Å². The van der Waals surface area contributed by atoms with Crippen molar-refractivity contribution in [1.29, 1.82) is 0 Å². The molecule has 0 saturated heterocycles. The van der Waals surface area contributed by atoms with Gasteiger partial charge in [0.15, 0.2) is 5.78 Å². The van der Waals surface area contributed by atoms with Crippen LogP contribution in [0.4, 0.5) is 0 Å². The van der Waals surface area contributed by atoms with Crippen molar-refractivity contribution < 1.29 is 34.0 Å². The predicted molar refractivity (Wildman–Crippen MR) is 136 cm³/mol. The van der Waals surface area contributed by atoms with Gasteiger partial charge >= 0.3 is 0 Å². The summed E-state index contributed by atoms with van der Waals surface area (Å²) in [4.78, 5) is 11.9. The Bertz CT molecular complexity index is 443. The van der Waals surface area contributed by atoms with E-state index < -0.39 is 6.10 Å². The molecule has 0 spiro atoms. The molecule has 0 heterocycles. The maximum absolute atomic E-state index is 11.9. The van der Waals surface area contributed by atoms with Crippen LogP contribution in [0.15, 0.2) is 12.2 Å². The van der Waals surface area contributed by atoms with Gasteiger partial charge in [0.05, 0.1) is 52.9 Å². The highest BCUT2D eigenvalue weighted by Gasteiger charge is 2.04. The summed E-state index contributed by atoms with van der Waals surface area (Å²) < 4.78 is 21.2. The molecule has 0 aliphatic rings. The number of aliphatic hydroxyl groups excluding tert-OH is 2. The summed E-state index contributed by atoms with van der Waals surface area (Å²) >= 11 is 0. The largest absolute Gasteiger partial charge is 0.394 e. The van der Waals surface area contributed by atoms with Crippen molar-refractivity contribution in [2.75, 3.05) is 59.5 Å². The summed E-state index contributed by atoms with van der Waals surface area (Å²) in [5.41, 5.74) is 0. The third-order valence-electron chi connectivity index (χ3n) is 5.34. The van der Waals surface area contributed by atoms with E-state index in [0.29, 0.717) is 46.1 Å². The molecule has 2 N–H and O–H groups in total. The number of carbonyl (C=O) groups is 1. The minimum absolute atomic E-state index is 0.0128. The molecule has 0 amide bonds. The Hall–Kier alpha value is -0.830. The van der Waals surface area contributed by atoms with Crippen LogP contribution in [0.5, 0.6) is 0 Å². The van der Waals surface area contributed by atoms with Crippen LogP contribution in [0, 0.1) is 0 Å². The Morgan fingerprint density at radius 3 is 1.85 bits per heavy atom. The average Bonchev–Trinajstić information content (AvgIpc) is 2.83. The number of unbranched alkanes of at least 4 members (excludes halogenated alkanes) is 10. The van der Waals surface area contributed by atoms with Crippen LogP contribution in [-0.4, -0.2) is 81.6 Å². The molecule has 0 fully saturated rings. The van der Waals surface area contributed by atoms with E-state index in [2.05, 4.69) is 6.92 Å². The standard InChI is InChI=1S/C27H52O7/c1-2-3-4-5-6-7-8-9-10-12-15-26(29)16-13-11-14-18-33-24-27(30)25-34-23-22-32-21-20-31-19-17-28/h13,16,27-28,30H,2-12,14-15,17-25H2,1H3/b16-13+/t27-/m1/s1. The zero-order chi connectivity index (χ0) is 25.0. The highest BCUT2D eigenvalue weighted by Crippen LogP contribution is 2.11. The summed E-state index contributed by atoms with van der Waals surface area (Å²) in [6.45, 7) is 5.29. The molecule has 7 nitrogen and oxygen atoms in total. The summed E-state index contributed by atoms with van der Waals surface area (Å²) in [6, 6.07) is 0. The van der Waals surface area contributed by atoms with Gasteiger partial charge < -0.3 is 29.2 Å². The zero-order valence-corrected chi connectivity index (χ0v) is 21.7. The molecule has 0 bridgehead atoms. The van der Waals surface area contributed by atoms with Crippen LogP contribution in [0.2, 0.25) is 0 Å². The van der Waals surface area contributed by atoms with Gasteiger partial charge in [-0.1, -0.05) is 70.8 Å². The molecule has 0 aliphatic heterocycles. The van der Waals surface area contributed by atoms with E-state index >= 15 is 0 Å². The first-order valence-corrected chi connectivity index (χ1v) is 13.5. The van der Waals surface area contributed by atoms with Crippen LogP contribution in [0.1, 0.15) is 90.4 Å². The molecule has 0 unspecified atom stereocenters. The Labute approximate surface area is 208 Å². The topological polar surface area (TPSA) is 94.5 Å². The van der Waals surface area contributed by atoms with Crippen LogP contribution < -0.4 is 0 Å². The van der Waals surface area contributed by atoms with Gasteiger partial charge in [-0.3, -0.25) is 4.79 Å². The molecule has 0 radical (unpaired) electrons. The lowest BCUT2D eigenvalue weighted by atomic mass is 10.0. The van der Waals surface area contributed by atoms with Crippen molar-refractivity contribution in [3.63, 3.8) is 0 Å². The molecule has 0 saturated carbocycles. The van der Waals surface area contributed by atoms with E-state index in [9.17, 15) is 9.90 Å². The van der Waals surface area contributed by atoms with Crippen molar-refractivity contribution in [2.45, 2.75) is 96.5 Å². The van der Waals surface area contributed by atoms with Gasteiger partial charge in [0.25, 0.3) is 0 Å². The minimum atomic E-state index is -0.661. The fraction of sp³-hybridized carbons (Fsp3) is 0.889. The number of allylic oxidation sites excluding steroid dienone is 2. The Morgan fingerprint density at radius 2 is 1.24 bits per heavy atom. The van der Waals surface area contributed by atoms with Crippen LogP contribution in [0.3, 0.4) is 0 Å². The molecular weight excluding hydrogens is 436 g/mol. The van der Waals surface area contributed by atoms with Crippen LogP contribution in [0.25, 0.3) is 0 Å². The van der Waals surface area contributed by atoms with Crippen molar-refractivity contribution in [2.24, 2.45) is 0 Å². The number of aliphatic hydroxyl groups is 2. The predicted octanol–water partition coefficient (Wildman–Crippen LogP) is 4.62. The van der Waals surface area contributed by atoms with E-state index in [4.69, 9.17) is 24.1 Å². The smallest absolute Gasteiger partial charge is 0.155 e. The molecule has 0 aromatic rings. The van der Waals surface area contributed by atoms with Crippen LogP contribution in [-0.2, 0) is 23.7 Å². The first-order chi connectivity index (χ1) is 16.7. The summed E-state index contributed by atoms with van der Waals surface area (Å²) in [5.74, 6) is 0.217. The lowest BCUT2D eigenvalue weighted by Crippen LogP contribution is -2.23. The van der Waals surface area contributed by atoms with Gasteiger partial charge in [-0.15, -0.1) is 0 Å². The van der Waals surface area contributed by atoms with Crippen LogP contribution >= 0.6 is 0 Å². The summed E-state index contributed by atoms with van der Waals surface area (Å²) in [7, 11) is 0. The lowest BCUT2D eigenvalue weighted by molar-refractivity contribution is -0.114. The molecule has 0 aliphatic carbocycles. The number of hydrogen-bond acceptors (Lipinski definition) is 7. The second-order valence-electron chi connectivity index (χ2n) is 8.69. The van der Waals surface area contributed by atoms with E-state index in [1.54, 1.807) is 6.08 Å². The molecule has 0 rings (SSSR count). The molecule has 0 aromatic carbocycles. The van der Waals surface area contributed by atoms with Crippen molar-refractivity contribution in [3.8, 4) is 0 Å². The third kappa shape index (κ3) is 27.4. The monoisotopic (exact) mass is 488 g/mol. The van der Waals surface area contributed by atoms with E-state index in [1.807, 2.05) is 6.08 Å². The van der Waals surface area contributed by atoms with Gasteiger partial charge in [-0.2, -0.15) is 0 Å². The van der Waals surface area contributed by atoms with E-state index in [0.717, 1.165) is 25.7 Å². The molecule has 202 valence electrons. The molecule has 7 heteroatoms. The number of rotatable bonds is 28. The fourth-order valence-corrected chi connectivity index (χ4v) is 3.38. The normalized spacial score (nSPS) is 12.6. The number of hydrogen-bond donors (Lipinski definition) is 2. The van der Waals surface area contributed by atoms with E-state index in [1.165, 1.54) is 51.4 Å². The number of ether oxygens (including phenoxy) is 4. The van der Waals surface area contributed by atoms with Gasteiger partial charge in [0.2, 0.25) is 0 Å². The second kappa shape index (κ2) is 28.4. The first kappa shape index (κ1) is 33.2.